The summed E-state index contributed by atoms with van der Waals surface area (Å²) >= 11 is 0. The molecule has 0 fully saturated rings. The fourth-order valence-corrected chi connectivity index (χ4v) is 2.77. The molecule has 2 rings (SSSR count). The molecule has 0 aromatic heterocycles. The Hall–Kier alpha value is -1.60. The maximum Gasteiger partial charge on any atom is 0.0243 e. The van der Waals surface area contributed by atoms with E-state index in [4.69, 9.17) is 0 Å². The van der Waals surface area contributed by atoms with Crippen LogP contribution in [0.3, 0.4) is 0 Å². The van der Waals surface area contributed by atoms with Gasteiger partial charge >= 0.3 is 0 Å². The van der Waals surface area contributed by atoms with E-state index in [0.29, 0.717) is 12.0 Å². The first-order valence-corrected chi connectivity index (χ1v) is 7.14. The van der Waals surface area contributed by atoms with Crippen LogP contribution < -0.4 is 5.32 Å². The zero-order valence-electron chi connectivity index (χ0n) is 11.8. The highest BCUT2D eigenvalue weighted by molar-refractivity contribution is 5.34. The largest absolute Gasteiger partial charge is 0.316 e. The van der Waals surface area contributed by atoms with E-state index in [1.807, 2.05) is 0 Å². The van der Waals surface area contributed by atoms with Gasteiger partial charge in [-0.3, -0.25) is 0 Å². The Morgan fingerprint density at radius 1 is 0.842 bits per heavy atom. The van der Waals surface area contributed by atoms with Gasteiger partial charge in [0.1, 0.15) is 0 Å². The van der Waals surface area contributed by atoms with Crippen LogP contribution in [0.2, 0.25) is 0 Å². The van der Waals surface area contributed by atoms with Crippen molar-refractivity contribution < 1.29 is 0 Å². The van der Waals surface area contributed by atoms with Crippen molar-refractivity contribution >= 4 is 0 Å². The summed E-state index contributed by atoms with van der Waals surface area (Å²) in [5.41, 5.74) is 2.78. The molecule has 1 nitrogen and oxygen atoms in total. The van der Waals surface area contributed by atoms with Crippen molar-refractivity contribution in [3.05, 3.63) is 71.8 Å². The van der Waals surface area contributed by atoms with Crippen molar-refractivity contribution in [2.75, 3.05) is 7.05 Å². The maximum atomic E-state index is 3.50. The lowest BCUT2D eigenvalue weighted by atomic mass is 9.83. The molecule has 100 valence electrons. The number of benzene rings is 2. The summed E-state index contributed by atoms with van der Waals surface area (Å²) in [6, 6.07) is 22.1. The molecule has 0 bridgehead atoms. The minimum atomic E-state index is 0.423. The zero-order chi connectivity index (χ0) is 13.5. The topological polar surface area (TPSA) is 12.0 Å². The summed E-state index contributed by atoms with van der Waals surface area (Å²) in [6.45, 7) is 2.25. The summed E-state index contributed by atoms with van der Waals surface area (Å²) in [7, 11) is 2.07. The molecule has 0 amide bonds. The summed E-state index contributed by atoms with van der Waals surface area (Å²) in [4.78, 5) is 0. The van der Waals surface area contributed by atoms with E-state index in [1.54, 1.807) is 0 Å². The van der Waals surface area contributed by atoms with E-state index in [-0.39, 0.29) is 0 Å². The predicted octanol–water partition coefficient (Wildman–Crippen LogP) is 4.21. The number of likely N-dealkylation sites (N-methyl/N-ethyl adjacent to an activating group) is 1. The fraction of sp³-hybridized carbons (Fsp3) is 0.333. The minimum absolute atomic E-state index is 0.423. The van der Waals surface area contributed by atoms with Crippen molar-refractivity contribution in [2.45, 2.75) is 31.7 Å². The second-order valence-electron chi connectivity index (χ2n) is 4.98. The molecule has 0 radical (unpaired) electrons. The van der Waals surface area contributed by atoms with Crippen LogP contribution in [0.5, 0.6) is 0 Å². The number of hydrogen-bond acceptors (Lipinski definition) is 1. The molecule has 1 heteroatoms. The molecular formula is C18H23N. The molecule has 1 unspecified atom stereocenters. The predicted molar refractivity (Wildman–Crippen MR) is 82.5 cm³/mol. The summed E-state index contributed by atoms with van der Waals surface area (Å²) in [6.07, 6.45) is 2.38. The SMILES string of the molecule is CCCC(NC)C(c1ccccc1)c1ccccc1. The highest BCUT2D eigenvalue weighted by Gasteiger charge is 2.22. The second-order valence-corrected chi connectivity index (χ2v) is 4.98. The first-order valence-electron chi connectivity index (χ1n) is 7.14. The standard InChI is InChI=1S/C18H23N/c1-3-10-17(19-2)18(15-11-6-4-7-12-15)16-13-8-5-9-14-16/h4-9,11-14,17-19H,3,10H2,1-2H3. The van der Waals surface area contributed by atoms with Gasteiger partial charge in [-0.25, -0.2) is 0 Å². The smallest absolute Gasteiger partial charge is 0.0243 e. The van der Waals surface area contributed by atoms with Crippen LogP contribution in [0.15, 0.2) is 60.7 Å². The van der Waals surface area contributed by atoms with Crippen LogP contribution in [0.4, 0.5) is 0 Å². The summed E-state index contributed by atoms with van der Waals surface area (Å²) < 4.78 is 0. The lowest BCUT2D eigenvalue weighted by Gasteiger charge is -2.27. The van der Waals surface area contributed by atoms with Gasteiger partial charge in [-0.05, 0) is 24.6 Å². The van der Waals surface area contributed by atoms with Crippen LogP contribution in [-0.2, 0) is 0 Å². The Labute approximate surface area is 116 Å². The molecule has 0 heterocycles. The molecule has 0 saturated carbocycles. The third-order valence-electron chi connectivity index (χ3n) is 3.69. The summed E-state index contributed by atoms with van der Waals surface area (Å²) in [5, 5.41) is 3.50. The van der Waals surface area contributed by atoms with E-state index in [2.05, 4.69) is 80.0 Å². The van der Waals surface area contributed by atoms with E-state index >= 15 is 0 Å². The normalized spacial score (nSPS) is 12.6. The average Bonchev–Trinajstić information content (AvgIpc) is 2.49. The van der Waals surface area contributed by atoms with Crippen LogP contribution in [0.25, 0.3) is 0 Å². The van der Waals surface area contributed by atoms with Gasteiger partial charge in [0.15, 0.2) is 0 Å². The number of hydrogen-bond donors (Lipinski definition) is 1. The maximum absolute atomic E-state index is 3.50. The van der Waals surface area contributed by atoms with Gasteiger partial charge in [0, 0.05) is 12.0 Å². The van der Waals surface area contributed by atoms with E-state index < -0.39 is 0 Å². The van der Waals surface area contributed by atoms with Crippen LogP contribution >= 0.6 is 0 Å². The number of rotatable bonds is 6. The van der Waals surface area contributed by atoms with E-state index in [0.717, 1.165) is 0 Å². The monoisotopic (exact) mass is 253 g/mol. The molecule has 2 aromatic carbocycles. The molecule has 1 N–H and O–H groups in total. The average molecular weight is 253 g/mol. The van der Waals surface area contributed by atoms with Gasteiger partial charge in [-0.2, -0.15) is 0 Å². The molecule has 0 spiro atoms. The Morgan fingerprint density at radius 2 is 1.32 bits per heavy atom. The van der Waals surface area contributed by atoms with Crippen LogP contribution in [0.1, 0.15) is 36.8 Å². The van der Waals surface area contributed by atoms with Gasteiger partial charge in [0.25, 0.3) is 0 Å². The van der Waals surface area contributed by atoms with Crippen molar-refractivity contribution in [1.29, 1.82) is 0 Å². The van der Waals surface area contributed by atoms with Gasteiger partial charge in [-0.1, -0.05) is 74.0 Å². The summed E-state index contributed by atoms with van der Waals surface area (Å²) in [5.74, 6) is 0.423. The highest BCUT2D eigenvalue weighted by atomic mass is 14.9. The van der Waals surface area contributed by atoms with E-state index in [1.165, 1.54) is 24.0 Å². The van der Waals surface area contributed by atoms with Gasteiger partial charge < -0.3 is 5.32 Å². The Bertz CT molecular complexity index is 424. The molecule has 0 aliphatic carbocycles. The van der Waals surface area contributed by atoms with Crippen molar-refractivity contribution in [2.24, 2.45) is 0 Å². The van der Waals surface area contributed by atoms with Gasteiger partial charge in [0.05, 0.1) is 0 Å². The second kappa shape index (κ2) is 7.10. The lowest BCUT2D eigenvalue weighted by Crippen LogP contribution is -2.32. The Balaban J connectivity index is 2.38. The van der Waals surface area contributed by atoms with Crippen LogP contribution in [0, 0.1) is 0 Å². The number of nitrogens with one attached hydrogen (secondary N) is 1. The third kappa shape index (κ3) is 3.45. The van der Waals surface area contributed by atoms with Gasteiger partial charge in [-0.15, -0.1) is 0 Å². The Kier molecular flexibility index (Phi) is 5.17. The van der Waals surface area contributed by atoms with Crippen molar-refractivity contribution in [3.8, 4) is 0 Å². The molecule has 0 saturated heterocycles. The molecule has 1 atom stereocenters. The fourth-order valence-electron chi connectivity index (χ4n) is 2.77. The molecule has 0 aliphatic rings. The lowest BCUT2D eigenvalue weighted by molar-refractivity contribution is 0.468. The Morgan fingerprint density at radius 3 is 1.68 bits per heavy atom. The molecule has 0 aliphatic heterocycles. The molecule has 19 heavy (non-hydrogen) atoms. The highest BCUT2D eigenvalue weighted by Crippen LogP contribution is 2.29. The minimum Gasteiger partial charge on any atom is -0.316 e. The first kappa shape index (κ1) is 13.8. The quantitative estimate of drug-likeness (QED) is 0.813. The molecule has 2 aromatic rings. The molecular weight excluding hydrogens is 230 g/mol. The van der Waals surface area contributed by atoms with Crippen LogP contribution in [-0.4, -0.2) is 13.1 Å². The zero-order valence-corrected chi connectivity index (χ0v) is 11.8. The van der Waals surface area contributed by atoms with Crippen molar-refractivity contribution in [3.63, 3.8) is 0 Å². The van der Waals surface area contributed by atoms with Crippen molar-refractivity contribution in [1.82, 2.24) is 5.32 Å². The third-order valence-corrected chi connectivity index (χ3v) is 3.69. The first-order chi connectivity index (χ1) is 9.36. The van der Waals surface area contributed by atoms with Gasteiger partial charge in [0.2, 0.25) is 0 Å². The van der Waals surface area contributed by atoms with E-state index in [9.17, 15) is 0 Å².